The summed E-state index contributed by atoms with van der Waals surface area (Å²) in [7, 11) is 1.92. The summed E-state index contributed by atoms with van der Waals surface area (Å²) in [5.74, 6) is 0.118. The smallest absolute Gasteiger partial charge is 0.227 e. The van der Waals surface area contributed by atoms with Gasteiger partial charge in [-0.15, -0.1) is 0 Å². The Morgan fingerprint density at radius 3 is 2.64 bits per heavy atom. The molecule has 0 bridgehead atoms. The molecule has 1 aliphatic rings. The summed E-state index contributed by atoms with van der Waals surface area (Å²) in [5, 5.41) is 0. The van der Waals surface area contributed by atoms with Gasteiger partial charge in [0.2, 0.25) is 5.91 Å². The summed E-state index contributed by atoms with van der Waals surface area (Å²) in [6, 6.07) is 12.4. The van der Waals surface area contributed by atoms with Crippen LogP contribution in [0.25, 0.3) is 0 Å². The highest BCUT2D eigenvalue weighted by atomic mass is 79.9. The Bertz CT molecular complexity index is 701. The molecular formula is C20H24BrN3O. The predicted octanol–water partition coefficient (Wildman–Crippen LogP) is 3.68. The number of hydrogen-bond acceptors (Lipinski definition) is 3. The summed E-state index contributed by atoms with van der Waals surface area (Å²) >= 11 is 3.42. The van der Waals surface area contributed by atoms with E-state index in [9.17, 15) is 4.79 Å². The van der Waals surface area contributed by atoms with Crippen LogP contribution in [0.5, 0.6) is 0 Å². The van der Waals surface area contributed by atoms with E-state index in [1.54, 1.807) is 12.4 Å². The molecule has 2 heterocycles. The summed E-state index contributed by atoms with van der Waals surface area (Å²) in [4.78, 5) is 21.4. The Morgan fingerprint density at radius 1 is 1.24 bits per heavy atom. The first-order chi connectivity index (χ1) is 12.1. The molecule has 0 radical (unpaired) electrons. The largest absolute Gasteiger partial charge is 0.337 e. The molecule has 0 saturated carbocycles. The van der Waals surface area contributed by atoms with Crippen molar-refractivity contribution in [2.45, 2.75) is 25.3 Å². The van der Waals surface area contributed by atoms with Gasteiger partial charge in [-0.2, -0.15) is 0 Å². The number of pyridine rings is 1. The number of amides is 1. The van der Waals surface area contributed by atoms with Crippen molar-refractivity contribution in [2.75, 3.05) is 26.7 Å². The molecule has 1 aliphatic heterocycles. The first-order valence-electron chi connectivity index (χ1n) is 8.76. The molecule has 1 aromatic heterocycles. The van der Waals surface area contributed by atoms with Gasteiger partial charge in [0.05, 0.1) is 12.5 Å². The normalized spacial score (nSPS) is 15.9. The second kappa shape index (κ2) is 8.59. The fraction of sp³-hybridized carbons (Fsp3) is 0.400. The van der Waals surface area contributed by atoms with Crippen molar-refractivity contribution in [2.24, 2.45) is 0 Å². The number of likely N-dealkylation sites (N-methyl/N-ethyl adjacent to an activating group) is 1. The number of halogens is 1. The van der Waals surface area contributed by atoms with Crippen LogP contribution in [-0.2, 0) is 11.2 Å². The molecule has 1 atom stereocenters. The minimum absolute atomic E-state index is 0.0758. The Hall–Kier alpha value is -1.72. The molecule has 5 heteroatoms. The number of benzene rings is 1. The van der Waals surface area contributed by atoms with Crippen LogP contribution in [0.4, 0.5) is 0 Å². The lowest BCUT2D eigenvalue weighted by Gasteiger charge is -2.32. The number of hydrogen-bond donors (Lipinski definition) is 0. The SMILES string of the molecule is CN(C(=O)Cc1cncc(Br)c1)[C@H](CN1CCCC1)c1ccccc1. The topological polar surface area (TPSA) is 36.4 Å². The van der Waals surface area contributed by atoms with Crippen molar-refractivity contribution in [3.05, 3.63) is 64.4 Å². The molecule has 1 fully saturated rings. The summed E-state index contributed by atoms with van der Waals surface area (Å²) in [6.07, 6.45) is 6.37. The monoisotopic (exact) mass is 401 g/mol. The molecule has 0 N–H and O–H groups in total. The average molecular weight is 402 g/mol. The van der Waals surface area contributed by atoms with E-state index in [1.807, 2.05) is 36.2 Å². The number of likely N-dealkylation sites (tertiary alicyclic amines) is 1. The van der Waals surface area contributed by atoms with Crippen LogP contribution in [0.15, 0.2) is 53.3 Å². The van der Waals surface area contributed by atoms with Gasteiger partial charge < -0.3 is 9.80 Å². The lowest BCUT2D eigenvalue weighted by atomic mass is 10.0. The number of rotatable bonds is 6. The zero-order valence-corrected chi connectivity index (χ0v) is 16.2. The summed E-state index contributed by atoms with van der Waals surface area (Å²) in [5.41, 5.74) is 2.12. The molecule has 132 valence electrons. The lowest BCUT2D eigenvalue weighted by Crippen LogP contribution is -2.39. The molecule has 0 aliphatic carbocycles. The average Bonchev–Trinajstić information content (AvgIpc) is 3.13. The van der Waals surface area contributed by atoms with E-state index < -0.39 is 0 Å². The zero-order chi connectivity index (χ0) is 17.6. The lowest BCUT2D eigenvalue weighted by molar-refractivity contribution is -0.131. The maximum atomic E-state index is 12.9. The third-order valence-corrected chi connectivity index (χ3v) is 5.23. The van der Waals surface area contributed by atoms with Crippen molar-refractivity contribution in [1.82, 2.24) is 14.8 Å². The molecule has 25 heavy (non-hydrogen) atoms. The molecule has 4 nitrogen and oxygen atoms in total. The van der Waals surface area contributed by atoms with E-state index in [-0.39, 0.29) is 11.9 Å². The van der Waals surface area contributed by atoms with Gasteiger partial charge in [0.1, 0.15) is 0 Å². The Labute approximate surface area is 158 Å². The predicted molar refractivity (Wildman–Crippen MR) is 103 cm³/mol. The van der Waals surface area contributed by atoms with Crippen molar-refractivity contribution < 1.29 is 4.79 Å². The first kappa shape index (κ1) is 18.1. The zero-order valence-electron chi connectivity index (χ0n) is 14.6. The quantitative estimate of drug-likeness (QED) is 0.740. The number of carbonyl (C=O) groups is 1. The van der Waals surface area contributed by atoms with Gasteiger partial charge in [0, 0.05) is 30.5 Å². The van der Waals surface area contributed by atoms with Crippen LogP contribution < -0.4 is 0 Å². The van der Waals surface area contributed by atoms with Crippen LogP contribution in [0, 0.1) is 0 Å². The van der Waals surface area contributed by atoms with Crippen LogP contribution in [-0.4, -0.2) is 47.4 Å². The van der Waals surface area contributed by atoms with Gasteiger partial charge in [-0.3, -0.25) is 9.78 Å². The minimum Gasteiger partial charge on any atom is -0.337 e. The molecule has 2 aromatic rings. The third-order valence-electron chi connectivity index (χ3n) is 4.79. The molecule has 1 saturated heterocycles. The number of nitrogens with zero attached hydrogens (tertiary/aromatic N) is 3. The van der Waals surface area contributed by atoms with E-state index in [1.165, 1.54) is 18.4 Å². The van der Waals surface area contributed by atoms with Crippen LogP contribution in [0.3, 0.4) is 0 Å². The Kier molecular flexibility index (Phi) is 6.21. The Morgan fingerprint density at radius 2 is 1.96 bits per heavy atom. The van der Waals surface area contributed by atoms with E-state index in [0.29, 0.717) is 6.42 Å². The van der Waals surface area contributed by atoms with E-state index in [0.717, 1.165) is 29.7 Å². The fourth-order valence-corrected chi connectivity index (χ4v) is 3.77. The Balaban J connectivity index is 1.75. The van der Waals surface area contributed by atoms with Gasteiger partial charge >= 0.3 is 0 Å². The van der Waals surface area contributed by atoms with Gasteiger partial charge in [0.15, 0.2) is 0 Å². The molecule has 0 spiro atoms. The maximum Gasteiger partial charge on any atom is 0.227 e. The second-order valence-corrected chi connectivity index (χ2v) is 7.54. The van der Waals surface area contributed by atoms with Gasteiger partial charge in [-0.05, 0) is 59.1 Å². The highest BCUT2D eigenvalue weighted by Gasteiger charge is 2.25. The van der Waals surface area contributed by atoms with Crippen molar-refractivity contribution in [1.29, 1.82) is 0 Å². The van der Waals surface area contributed by atoms with E-state index >= 15 is 0 Å². The molecule has 1 aromatic carbocycles. The minimum atomic E-state index is 0.0758. The van der Waals surface area contributed by atoms with Crippen LogP contribution in [0.1, 0.15) is 30.0 Å². The maximum absolute atomic E-state index is 12.9. The number of carbonyl (C=O) groups excluding carboxylic acids is 1. The molecule has 1 amide bonds. The van der Waals surface area contributed by atoms with E-state index in [4.69, 9.17) is 0 Å². The first-order valence-corrected chi connectivity index (χ1v) is 9.55. The fourth-order valence-electron chi connectivity index (χ4n) is 3.36. The summed E-state index contributed by atoms with van der Waals surface area (Å²) in [6.45, 7) is 3.14. The van der Waals surface area contributed by atoms with E-state index in [2.05, 4.69) is 37.9 Å². The number of aromatic nitrogens is 1. The third kappa shape index (κ3) is 4.89. The summed E-state index contributed by atoms with van der Waals surface area (Å²) < 4.78 is 0.900. The standard InChI is InChI=1S/C20H24BrN3O/c1-23(20(25)12-16-11-18(21)14-22-13-16)19(15-24-9-5-6-10-24)17-7-3-2-4-8-17/h2-4,7-8,11,13-14,19H,5-6,9-10,12,15H2,1H3/t19-/m1/s1. The van der Waals surface area contributed by atoms with Crippen molar-refractivity contribution in [3.63, 3.8) is 0 Å². The van der Waals surface area contributed by atoms with Gasteiger partial charge in [0.25, 0.3) is 0 Å². The second-order valence-electron chi connectivity index (χ2n) is 6.63. The highest BCUT2D eigenvalue weighted by molar-refractivity contribution is 9.10. The van der Waals surface area contributed by atoms with Crippen molar-refractivity contribution in [3.8, 4) is 0 Å². The molecule has 0 unspecified atom stereocenters. The van der Waals surface area contributed by atoms with Gasteiger partial charge in [-0.1, -0.05) is 30.3 Å². The van der Waals surface area contributed by atoms with Gasteiger partial charge in [-0.25, -0.2) is 0 Å². The van der Waals surface area contributed by atoms with Crippen LogP contribution in [0.2, 0.25) is 0 Å². The molecular weight excluding hydrogens is 378 g/mol. The van der Waals surface area contributed by atoms with Crippen LogP contribution >= 0.6 is 15.9 Å². The highest BCUT2D eigenvalue weighted by Crippen LogP contribution is 2.24. The van der Waals surface area contributed by atoms with Crippen molar-refractivity contribution >= 4 is 21.8 Å². The molecule has 3 rings (SSSR count).